The van der Waals surface area contributed by atoms with Crippen LogP contribution in [0.15, 0.2) is 16.5 Å². The van der Waals surface area contributed by atoms with Crippen molar-refractivity contribution in [2.24, 2.45) is 11.8 Å². The molecular formula is C19H33N3O2. The van der Waals surface area contributed by atoms with E-state index in [2.05, 4.69) is 29.4 Å². The van der Waals surface area contributed by atoms with Crippen molar-refractivity contribution in [2.45, 2.75) is 53.0 Å². The second kappa shape index (κ2) is 9.11. The molecular weight excluding hydrogens is 302 g/mol. The highest BCUT2D eigenvalue weighted by Gasteiger charge is 2.21. The van der Waals surface area contributed by atoms with Gasteiger partial charge in [-0.1, -0.05) is 13.8 Å². The van der Waals surface area contributed by atoms with Gasteiger partial charge in [-0.2, -0.15) is 0 Å². The lowest BCUT2D eigenvalue weighted by Crippen LogP contribution is -2.40. The number of nitrogens with one attached hydrogen (secondary N) is 2. The van der Waals surface area contributed by atoms with Crippen LogP contribution in [0.25, 0.3) is 0 Å². The third-order valence-corrected chi connectivity index (χ3v) is 4.67. The summed E-state index contributed by atoms with van der Waals surface area (Å²) in [5.74, 6) is 3.27. The third kappa shape index (κ3) is 6.19. The molecule has 24 heavy (non-hydrogen) atoms. The Hall–Kier alpha value is -1.49. The van der Waals surface area contributed by atoms with Crippen molar-refractivity contribution >= 4 is 6.03 Å². The molecule has 1 aromatic heterocycles. The predicted molar refractivity (Wildman–Crippen MR) is 97.0 cm³/mol. The maximum atomic E-state index is 11.9. The lowest BCUT2D eigenvalue weighted by molar-refractivity contribution is 0.139. The van der Waals surface area contributed by atoms with Gasteiger partial charge in [0.2, 0.25) is 0 Å². The lowest BCUT2D eigenvalue weighted by atomic mass is 9.92. The number of unbranched alkanes of at least 4 members (excludes halogenated alkanes) is 1. The number of likely N-dealkylation sites (tertiary alicyclic amines) is 1. The van der Waals surface area contributed by atoms with E-state index in [1.54, 1.807) is 0 Å². The molecule has 5 heteroatoms. The second-order valence-corrected chi connectivity index (χ2v) is 7.48. The Bertz CT molecular complexity index is 504. The van der Waals surface area contributed by atoms with Crippen molar-refractivity contribution in [1.82, 2.24) is 15.5 Å². The molecule has 1 aliphatic rings. The van der Waals surface area contributed by atoms with Crippen molar-refractivity contribution in [2.75, 3.05) is 26.2 Å². The molecule has 0 aromatic carbocycles. The Kier molecular flexibility index (Phi) is 7.16. The van der Waals surface area contributed by atoms with Crippen molar-refractivity contribution in [1.29, 1.82) is 0 Å². The molecule has 1 fully saturated rings. The first kappa shape index (κ1) is 18.8. The highest BCUT2D eigenvalue weighted by atomic mass is 16.3. The van der Waals surface area contributed by atoms with Crippen molar-refractivity contribution in [3.8, 4) is 0 Å². The maximum Gasteiger partial charge on any atom is 0.315 e. The van der Waals surface area contributed by atoms with Crippen LogP contribution in [0.1, 0.15) is 57.6 Å². The lowest BCUT2D eigenvalue weighted by Gasteiger charge is -2.34. The average molecular weight is 335 g/mol. The summed E-state index contributed by atoms with van der Waals surface area (Å²) in [5.41, 5.74) is 0. The summed E-state index contributed by atoms with van der Waals surface area (Å²) >= 11 is 0. The van der Waals surface area contributed by atoms with Gasteiger partial charge in [0.25, 0.3) is 0 Å². The number of furan rings is 1. The highest BCUT2D eigenvalue weighted by molar-refractivity contribution is 5.74. The van der Waals surface area contributed by atoms with E-state index in [-0.39, 0.29) is 12.1 Å². The summed E-state index contributed by atoms with van der Waals surface area (Å²) in [6.07, 6.45) is 3.50. The molecule has 2 heterocycles. The predicted octanol–water partition coefficient (Wildman–Crippen LogP) is 3.71. The third-order valence-electron chi connectivity index (χ3n) is 4.67. The molecule has 1 saturated heterocycles. The summed E-state index contributed by atoms with van der Waals surface area (Å²) in [6, 6.07) is 3.57. The summed E-state index contributed by atoms with van der Waals surface area (Å²) < 4.78 is 5.53. The van der Waals surface area contributed by atoms with Crippen LogP contribution in [0.4, 0.5) is 4.79 Å². The molecule has 136 valence electrons. The molecule has 5 nitrogen and oxygen atoms in total. The molecule has 0 radical (unpaired) electrons. The van der Waals surface area contributed by atoms with Crippen LogP contribution in [-0.2, 0) is 0 Å². The van der Waals surface area contributed by atoms with Gasteiger partial charge in [-0.3, -0.25) is 0 Å². The molecule has 3 atom stereocenters. The fourth-order valence-electron chi connectivity index (χ4n) is 3.64. The molecule has 0 unspecified atom stereocenters. The van der Waals surface area contributed by atoms with E-state index in [4.69, 9.17) is 4.42 Å². The molecule has 0 bridgehead atoms. The summed E-state index contributed by atoms with van der Waals surface area (Å²) in [7, 11) is 0. The van der Waals surface area contributed by atoms with Gasteiger partial charge in [-0.25, -0.2) is 4.79 Å². The van der Waals surface area contributed by atoms with E-state index in [0.29, 0.717) is 6.54 Å². The number of piperidine rings is 1. The van der Waals surface area contributed by atoms with Gasteiger partial charge in [0.05, 0.1) is 6.04 Å². The number of amides is 2. The molecule has 0 aliphatic carbocycles. The summed E-state index contributed by atoms with van der Waals surface area (Å²) in [6.45, 7) is 12.8. The topological polar surface area (TPSA) is 57.5 Å². The quantitative estimate of drug-likeness (QED) is 0.747. The zero-order valence-electron chi connectivity index (χ0n) is 15.6. The van der Waals surface area contributed by atoms with Gasteiger partial charge in [-0.15, -0.1) is 0 Å². The second-order valence-electron chi connectivity index (χ2n) is 7.48. The van der Waals surface area contributed by atoms with Gasteiger partial charge in [0.15, 0.2) is 0 Å². The maximum absolute atomic E-state index is 11.9. The van der Waals surface area contributed by atoms with E-state index in [1.165, 1.54) is 19.5 Å². The van der Waals surface area contributed by atoms with Crippen LogP contribution in [-0.4, -0.2) is 37.1 Å². The SMILES string of the molecule is Cc1ccc([C@@H](C)NC(=O)NCCCCN2C[C@H](C)C[C@H](C)C2)o1. The number of urea groups is 1. The first-order valence-electron chi connectivity index (χ1n) is 9.27. The van der Waals surface area contributed by atoms with Gasteiger partial charge >= 0.3 is 6.03 Å². The Labute approximate surface area is 146 Å². The van der Waals surface area contributed by atoms with Crippen LogP contribution in [0, 0.1) is 18.8 Å². The van der Waals surface area contributed by atoms with Gasteiger partial charge in [-0.05, 0) is 63.6 Å². The monoisotopic (exact) mass is 335 g/mol. The Morgan fingerprint density at radius 1 is 1.29 bits per heavy atom. The van der Waals surface area contributed by atoms with Crippen LogP contribution < -0.4 is 10.6 Å². The molecule has 0 spiro atoms. The number of carbonyl (C=O) groups excluding carboxylic acids is 1. The molecule has 0 saturated carbocycles. The number of hydrogen-bond acceptors (Lipinski definition) is 3. The summed E-state index contributed by atoms with van der Waals surface area (Å²) in [5, 5.41) is 5.84. The Balaban J connectivity index is 1.56. The van der Waals surface area contributed by atoms with E-state index in [9.17, 15) is 4.79 Å². The van der Waals surface area contributed by atoms with E-state index in [1.807, 2.05) is 26.0 Å². The number of rotatable bonds is 7. The molecule has 1 aliphatic heterocycles. The Morgan fingerprint density at radius 3 is 2.62 bits per heavy atom. The highest BCUT2D eigenvalue weighted by Crippen LogP contribution is 2.21. The normalized spacial score (nSPS) is 23.0. The largest absolute Gasteiger partial charge is 0.464 e. The van der Waals surface area contributed by atoms with Crippen molar-refractivity contribution in [3.63, 3.8) is 0 Å². The average Bonchev–Trinajstić information content (AvgIpc) is 2.92. The molecule has 2 N–H and O–H groups in total. The van der Waals surface area contributed by atoms with Crippen LogP contribution in [0.2, 0.25) is 0 Å². The minimum Gasteiger partial charge on any atom is -0.464 e. The first-order chi connectivity index (χ1) is 11.4. The smallest absolute Gasteiger partial charge is 0.315 e. The number of aryl methyl sites for hydroxylation is 1. The van der Waals surface area contributed by atoms with E-state index >= 15 is 0 Å². The van der Waals surface area contributed by atoms with Crippen LogP contribution in [0.5, 0.6) is 0 Å². The van der Waals surface area contributed by atoms with Gasteiger partial charge in [0, 0.05) is 19.6 Å². The number of hydrogen-bond donors (Lipinski definition) is 2. The fraction of sp³-hybridized carbons (Fsp3) is 0.737. The zero-order valence-corrected chi connectivity index (χ0v) is 15.6. The minimum atomic E-state index is -0.128. The fourth-order valence-corrected chi connectivity index (χ4v) is 3.64. The van der Waals surface area contributed by atoms with E-state index < -0.39 is 0 Å². The first-order valence-corrected chi connectivity index (χ1v) is 9.27. The van der Waals surface area contributed by atoms with Crippen molar-refractivity contribution in [3.05, 3.63) is 23.7 Å². The minimum absolute atomic E-state index is 0.116. The summed E-state index contributed by atoms with van der Waals surface area (Å²) in [4.78, 5) is 14.5. The van der Waals surface area contributed by atoms with Crippen molar-refractivity contribution < 1.29 is 9.21 Å². The number of nitrogens with zero attached hydrogens (tertiary/aromatic N) is 1. The van der Waals surface area contributed by atoms with Gasteiger partial charge in [0.1, 0.15) is 11.5 Å². The molecule has 2 rings (SSSR count). The molecule has 1 aromatic rings. The number of carbonyl (C=O) groups is 1. The standard InChI is InChI=1S/C19H33N3O2/c1-14-11-15(2)13-22(12-14)10-6-5-9-20-19(23)21-17(4)18-8-7-16(3)24-18/h7-8,14-15,17H,5-6,9-13H2,1-4H3,(H2,20,21,23)/t14-,15+,17-/m1/s1. The van der Waals surface area contributed by atoms with Gasteiger partial charge < -0.3 is 20.0 Å². The van der Waals surface area contributed by atoms with Crippen LogP contribution in [0.3, 0.4) is 0 Å². The van der Waals surface area contributed by atoms with Crippen LogP contribution >= 0.6 is 0 Å². The Morgan fingerprint density at radius 2 is 2.00 bits per heavy atom. The zero-order chi connectivity index (χ0) is 17.5. The van der Waals surface area contributed by atoms with E-state index in [0.717, 1.165) is 42.7 Å². The molecule has 2 amide bonds.